The molecule has 1 rings (SSSR count). The lowest BCUT2D eigenvalue weighted by Gasteiger charge is -2.13. The SMILES string of the molecule is NC(=O)N1CCC=C1C(=O)O. The number of primary amides is 1. The Bertz CT molecular complexity index is 234. The highest BCUT2D eigenvalue weighted by Gasteiger charge is 2.24. The maximum atomic E-state index is 10.6. The van der Waals surface area contributed by atoms with E-state index in [0.717, 1.165) is 4.90 Å². The van der Waals surface area contributed by atoms with E-state index >= 15 is 0 Å². The van der Waals surface area contributed by atoms with Crippen LogP contribution in [0.2, 0.25) is 0 Å². The third-order valence-corrected chi connectivity index (χ3v) is 1.47. The molecule has 5 nitrogen and oxygen atoms in total. The van der Waals surface area contributed by atoms with Crippen molar-refractivity contribution in [2.24, 2.45) is 5.73 Å². The molecule has 0 aliphatic carbocycles. The predicted octanol–water partition coefficient (Wildman–Crippen LogP) is -0.261. The minimum atomic E-state index is -1.11. The van der Waals surface area contributed by atoms with E-state index in [4.69, 9.17) is 10.8 Å². The lowest BCUT2D eigenvalue weighted by atomic mass is 10.4. The Morgan fingerprint density at radius 3 is 2.64 bits per heavy atom. The van der Waals surface area contributed by atoms with Gasteiger partial charge in [-0.1, -0.05) is 6.08 Å². The van der Waals surface area contributed by atoms with Crippen LogP contribution in [0.1, 0.15) is 6.42 Å². The molecular weight excluding hydrogens is 148 g/mol. The molecule has 0 aromatic rings. The molecule has 1 heterocycles. The number of aliphatic carboxylic acids is 1. The molecule has 11 heavy (non-hydrogen) atoms. The summed E-state index contributed by atoms with van der Waals surface area (Å²) in [5.74, 6) is -1.11. The summed E-state index contributed by atoms with van der Waals surface area (Å²) < 4.78 is 0. The Kier molecular flexibility index (Phi) is 1.80. The first kappa shape index (κ1) is 7.59. The van der Waals surface area contributed by atoms with Crippen LogP contribution in [0, 0.1) is 0 Å². The molecule has 0 fully saturated rings. The van der Waals surface area contributed by atoms with Crippen molar-refractivity contribution in [1.29, 1.82) is 0 Å². The average Bonchev–Trinajstić information content (AvgIpc) is 2.32. The van der Waals surface area contributed by atoms with E-state index in [1.165, 1.54) is 6.08 Å². The summed E-state index contributed by atoms with van der Waals surface area (Å²) in [4.78, 5) is 22.0. The van der Waals surface area contributed by atoms with Crippen molar-refractivity contribution >= 4 is 12.0 Å². The van der Waals surface area contributed by atoms with Crippen LogP contribution in [0.4, 0.5) is 4.79 Å². The molecule has 5 heteroatoms. The molecule has 1 aliphatic rings. The number of hydrogen-bond donors (Lipinski definition) is 2. The lowest BCUT2D eigenvalue weighted by molar-refractivity contribution is -0.133. The summed E-state index contributed by atoms with van der Waals surface area (Å²) >= 11 is 0. The van der Waals surface area contributed by atoms with E-state index in [-0.39, 0.29) is 5.70 Å². The zero-order valence-electron chi connectivity index (χ0n) is 5.78. The van der Waals surface area contributed by atoms with Gasteiger partial charge in [-0.05, 0) is 6.42 Å². The van der Waals surface area contributed by atoms with Crippen molar-refractivity contribution < 1.29 is 14.7 Å². The fourth-order valence-corrected chi connectivity index (χ4v) is 0.993. The number of carboxylic acid groups (broad SMARTS) is 1. The maximum Gasteiger partial charge on any atom is 0.352 e. The minimum absolute atomic E-state index is 0.0162. The van der Waals surface area contributed by atoms with E-state index in [0.29, 0.717) is 13.0 Å². The zero-order chi connectivity index (χ0) is 8.43. The summed E-state index contributed by atoms with van der Waals surface area (Å²) in [6.45, 7) is 0.372. The number of carboxylic acids is 1. The number of amides is 2. The van der Waals surface area contributed by atoms with E-state index in [2.05, 4.69) is 0 Å². The molecule has 0 spiro atoms. The fraction of sp³-hybridized carbons (Fsp3) is 0.333. The molecule has 2 amide bonds. The second kappa shape index (κ2) is 2.61. The quantitative estimate of drug-likeness (QED) is 0.548. The van der Waals surface area contributed by atoms with Gasteiger partial charge in [-0.15, -0.1) is 0 Å². The summed E-state index contributed by atoms with van der Waals surface area (Å²) in [5, 5.41) is 8.51. The minimum Gasteiger partial charge on any atom is -0.477 e. The predicted molar refractivity (Wildman–Crippen MR) is 36.6 cm³/mol. The second-order valence-corrected chi connectivity index (χ2v) is 2.17. The van der Waals surface area contributed by atoms with Crippen LogP contribution in [0.5, 0.6) is 0 Å². The van der Waals surface area contributed by atoms with Crippen molar-refractivity contribution in [2.45, 2.75) is 6.42 Å². The molecule has 0 radical (unpaired) electrons. The topological polar surface area (TPSA) is 83.6 Å². The first-order valence-electron chi connectivity index (χ1n) is 3.13. The summed E-state index contributed by atoms with van der Waals surface area (Å²) in [7, 11) is 0. The number of hydrogen-bond acceptors (Lipinski definition) is 2. The standard InChI is InChI=1S/C6H8N2O3/c7-6(11)8-3-1-2-4(8)5(9)10/h2H,1,3H2,(H2,7,11)(H,9,10). The summed E-state index contributed by atoms with van der Waals surface area (Å²) in [6.07, 6.45) is 2.04. The van der Waals surface area contributed by atoms with Gasteiger partial charge in [0.1, 0.15) is 5.70 Å². The first-order valence-corrected chi connectivity index (χ1v) is 3.13. The normalized spacial score (nSPS) is 16.4. The van der Waals surface area contributed by atoms with Crippen LogP contribution < -0.4 is 5.73 Å². The van der Waals surface area contributed by atoms with Crippen molar-refractivity contribution in [2.75, 3.05) is 6.54 Å². The van der Waals surface area contributed by atoms with Gasteiger partial charge in [0.15, 0.2) is 0 Å². The Hall–Kier alpha value is -1.52. The third-order valence-electron chi connectivity index (χ3n) is 1.47. The maximum absolute atomic E-state index is 10.6. The molecule has 0 saturated carbocycles. The Balaban J connectivity index is 2.79. The number of nitrogens with zero attached hydrogens (tertiary/aromatic N) is 1. The average molecular weight is 156 g/mol. The van der Waals surface area contributed by atoms with Crippen molar-refractivity contribution in [3.05, 3.63) is 11.8 Å². The van der Waals surface area contributed by atoms with E-state index < -0.39 is 12.0 Å². The number of carbonyl (C=O) groups excluding carboxylic acids is 1. The number of rotatable bonds is 1. The molecule has 0 aromatic heterocycles. The van der Waals surface area contributed by atoms with Gasteiger partial charge >= 0.3 is 12.0 Å². The van der Waals surface area contributed by atoms with Gasteiger partial charge in [-0.2, -0.15) is 0 Å². The van der Waals surface area contributed by atoms with Gasteiger partial charge in [-0.25, -0.2) is 9.59 Å². The van der Waals surface area contributed by atoms with E-state index in [9.17, 15) is 9.59 Å². The number of urea groups is 1. The Labute approximate surface area is 63.1 Å². The number of carbonyl (C=O) groups is 2. The zero-order valence-corrected chi connectivity index (χ0v) is 5.78. The van der Waals surface area contributed by atoms with Crippen molar-refractivity contribution in [3.63, 3.8) is 0 Å². The van der Waals surface area contributed by atoms with Crippen molar-refractivity contribution in [1.82, 2.24) is 4.90 Å². The lowest BCUT2D eigenvalue weighted by Crippen LogP contribution is -2.35. The molecule has 1 aliphatic heterocycles. The Morgan fingerprint density at radius 2 is 2.27 bits per heavy atom. The molecular formula is C6H8N2O3. The molecule has 0 aromatic carbocycles. The van der Waals surface area contributed by atoms with Crippen LogP contribution in [0.25, 0.3) is 0 Å². The van der Waals surface area contributed by atoms with E-state index in [1.54, 1.807) is 0 Å². The van der Waals surface area contributed by atoms with Crippen LogP contribution in [0.3, 0.4) is 0 Å². The number of nitrogens with two attached hydrogens (primary N) is 1. The largest absolute Gasteiger partial charge is 0.477 e. The molecule has 0 unspecified atom stereocenters. The summed E-state index contributed by atoms with van der Waals surface area (Å²) in [5.41, 5.74) is 4.89. The highest BCUT2D eigenvalue weighted by Crippen LogP contribution is 2.13. The monoisotopic (exact) mass is 156 g/mol. The van der Waals surface area contributed by atoms with Gasteiger partial charge in [0, 0.05) is 6.54 Å². The molecule has 0 atom stereocenters. The van der Waals surface area contributed by atoms with Gasteiger partial charge in [-0.3, -0.25) is 4.90 Å². The highest BCUT2D eigenvalue weighted by atomic mass is 16.4. The van der Waals surface area contributed by atoms with Crippen molar-refractivity contribution in [3.8, 4) is 0 Å². The van der Waals surface area contributed by atoms with E-state index in [1.807, 2.05) is 0 Å². The molecule has 3 N–H and O–H groups in total. The third kappa shape index (κ3) is 1.31. The van der Waals surface area contributed by atoms with Gasteiger partial charge in [0.25, 0.3) is 0 Å². The molecule has 60 valence electrons. The van der Waals surface area contributed by atoms with Gasteiger partial charge < -0.3 is 10.8 Å². The van der Waals surface area contributed by atoms with Crippen LogP contribution in [0.15, 0.2) is 11.8 Å². The van der Waals surface area contributed by atoms with Crippen LogP contribution in [-0.4, -0.2) is 28.6 Å². The van der Waals surface area contributed by atoms with Crippen LogP contribution in [-0.2, 0) is 4.79 Å². The highest BCUT2D eigenvalue weighted by molar-refractivity contribution is 5.92. The van der Waals surface area contributed by atoms with Gasteiger partial charge in [0.05, 0.1) is 0 Å². The smallest absolute Gasteiger partial charge is 0.352 e. The van der Waals surface area contributed by atoms with Gasteiger partial charge in [0.2, 0.25) is 0 Å². The summed E-state index contributed by atoms with van der Waals surface area (Å²) in [6, 6.07) is -0.712. The fourth-order valence-electron chi connectivity index (χ4n) is 0.993. The first-order chi connectivity index (χ1) is 5.13. The molecule has 0 saturated heterocycles. The molecule has 0 bridgehead atoms. The van der Waals surface area contributed by atoms with Crippen LogP contribution >= 0.6 is 0 Å². The second-order valence-electron chi connectivity index (χ2n) is 2.17. The Morgan fingerprint density at radius 1 is 1.64 bits per heavy atom.